The van der Waals surface area contributed by atoms with E-state index in [0.29, 0.717) is 13.1 Å². The van der Waals surface area contributed by atoms with Gasteiger partial charge in [0.05, 0.1) is 13.2 Å². The third kappa shape index (κ3) is 4.07. The van der Waals surface area contributed by atoms with Crippen LogP contribution in [0.25, 0.3) is 0 Å². The average Bonchev–Trinajstić information content (AvgIpc) is 2.46. The molecule has 0 spiro atoms. The van der Waals surface area contributed by atoms with E-state index in [9.17, 15) is 4.79 Å². The van der Waals surface area contributed by atoms with E-state index in [1.165, 1.54) is 12.8 Å². The zero-order valence-corrected chi connectivity index (χ0v) is 8.67. The van der Waals surface area contributed by atoms with Gasteiger partial charge in [-0.15, -0.1) is 0 Å². The number of amides is 1. The number of hydrogen-bond acceptors (Lipinski definition) is 3. The molecule has 0 aromatic rings. The molecule has 1 heterocycles. The summed E-state index contributed by atoms with van der Waals surface area (Å²) in [6.45, 7) is 2.76. The Morgan fingerprint density at radius 2 is 1.86 bits per heavy atom. The highest BCUT2D eigenvalue weighted by Gasteiger charge is 2.14. The lowest BCUT2D eigenvalue weighted by molar-refractivity contribution is -0.130. The van der Waals surface area contributed by atoms with Crippen molar-refractivity contribution in [2.24, 2.45) is 0 Å². The van der Waals surface area contributed by atoms with Gasteiger partial charge < -0.3 is 15.3 Å². The minimum absolute atomic E-state index is 0.0906. The van der Waals surface area contributed by atoms with Crippen LogP contribution in [0.5, 0.6) is 0 Å². The van der Waals surface area contributed by atoms with Crippen molar-refractivity contribution < 1.29 is 9.90 Å². The molecule has 1 rings (SSSR count). The predicted octanol–water partition coefficient (Wildman–Crippen LogP) is -0.0291. The molecule has 0 bridgehead atoms. The van der Waals surface area contributed by atoms with Gasteiger partial charge in [-0.3, -0.25) is 4.79 Å². The highest BCUT2D eigenvalue weighted by Crippen LogP contribution is 2.09. The number of aliphatic hydroxyl groups is 1. The first kappa shape index (κ1) is 11.5. The normalized spacial score (nSPS) is 17.9. The van der Waals surface area contributed by atoms with Crippen molar-refractivity contribution in [3.05, 3.63) is 0 Å². The van der Waals surface area contributed by atoms with E-state index >= 15 is 0 Å². The second kappa shape index (κ2) is 6.79. The van der Waals surface area contributed by atoms with Gasteiger partial charge in [0.15, 0.2) is 0 Å². The summed E-state index contributed by atoms with van der Waals surface area (Å²) in [6, 6.07) is 0. The Morgan fingerprint density at radius 3 is 2.43 bits per heavy atom. The second-order valence-corrected chi connectivity index (χ2v) is 3.70. The molecule has 0 atom stereocenters. The monoisotopic (exact) mass is 200 g/mol. The van der Waals surface area contributed by atoms with Gasteiger partial charge in [0.2, 0.25) is 5.91 Å². The lowest BCUT2D eigenvalue weighted by Gasteiger charge is -2.20. The summed E-state index contributed by atoms with van der Waals surface area (Å²) < 4.78 is 0. The van der Waals surface area contributed by atoms with Crippen LogP contribution in [-0.2, 0) is 4.79 Å². The van der Waals surface area contributed by atoms with E-state index < -0.39 is 0 Å². The number of rotatable bonds is 4. The van der Waals surface area contributed by atoms with Gasteiger partial charge in [0.25, 0.3) is 0 Å². The van der Waals surface area contributed by atoms with Crippen molar-refractivity contribution in [3.8, 4) is 0 Å². The van der Waals surface area contributed by atoms with Crippen molar-refractivity contribution in [1.82, 2.24) is 10.2 Å². The van der Waals surface area contributed by atoms with Crippen LogP contribution in [0.4, 0.5) is 0 Å². The fourth-order valence-corrected chi connectivity index (χ4v) is 1.71. The molecule has 14 heavy (non-hydrogen) atoms. The molecule has 0 unspecified atom stereocenters. The maximum absolute atomic E-state index is 11.6. The van der Waals surface area contributed by atoms with Gasteiger partial charge in [-0.25, -0.2) is 0 Å². The molecule has 2 N–H and O–H groups in total. The molecule has 1 fully saturated rings. The van der Waals surface area contributed by atoms with Gasteiger partial charge >= 0.3 is 0 Å². The standard InChI is InChI=1S/C10H20N2O2/c13-8-5-11-9-10(14)12-6-3-1-2-4-7-12/h11,13H,1-9H2. The van der Waals surface area contributed by atoms with Crippen molar-refractivity contribution in [2.75, 3.05) is 32.8 Å². The number of hydrogen-bond donors (Lipinski definition) is 2. The third-order valence-corrected chi connectivity index (χ3v) is 2.52. The van der Waals surface area contributed by atoms with E-state index in [-0.39, 0.29) is 12.5 Å². The Kier molecular flexibility index (Phi) is 5.56. The van der Waals surface area contributed by atoms with Crippen LogP contribution in [0.3, 0.4) is 0 Å². The Labute approximate surface area is 85.3 Å². The predicted molar refractivity (Wildman–Crippen MR) is 55.0 cm³/mol. The summed E-state index contributed by atoms with van der Waals surface area (Å²) in [5.74, 6) is 0.167. The van der Waals surface area contributed by atoms with E-state index in [4.69, 9.17) is 5.11 Å². The summed E-state index contributed by atoms with van der Waals surface area (Å²) in [5, 5.41) is 11.5. The number of likely N-dealkylation sites (tertiary alicyclic amines) is 1. The summed E-state index contributed by atoms with van der Waals surface area (Å²) in [7, 11) is 0. The summed E-state index contributed by atoms with van der Waals surface area (Å²) in [6.07, 6.45) is 4.75. The number of carbonyl (C=O) groups is 1. The van der Waals surface area contributed by atoms with Crippen LogP contribution in [0.1, 0.15) is 25.7 Å². The summed E-state index contributed by atoms with van der Waals surface area (Å²) >= 11 is 0. The van der Waals surface area contributed by atoms with Crippen molar-refractivity contribution in [1.29, 1.82) is 0 Å². The zero-order valence-electron chi connectivity index (χ0n) is 8.67. The molecule has 0 aliphatic carbocycles. The largest absolute Gasteiger partial charge is 0.395 e. The molecular weight excluding hydrogens is 180 g/mol. The first-order valence-corrected chi connectivity index (χ1v) is 5.44. The molecule has 0 aromatic carbocycles. The molecule has 1 saturated heterocycles. The SMILES string of the molecule is O=C(CNCCO)N1CCCCCC1. The zero-order chi connectivity index (χ0) is 10.2. The Hall–Kier alpha value is -0.610. The molecule has 4 heteroatoms. The minimum Gasteiger partial charge on any atom is -0.395 e. The lowest BCUT2D eigenvalue weighted by atomic mass is 10.2. The van der Waals surface area contributed by atoms with Crippen LogP contribution >= 0.6 is 0 Å². The van der Waals surface area contributed by atoms with E-state index in [2.05, 4.69) is 5.32 Å². The fourth-order valence-electron chi connectivity index (χ4n) is 1.71. The molecule has 0 saturated carbocycles. The molecule has 4 nitrogen and oxygen atoms in total. The van der Waals surface area contributed by atoms with Gasteiger partial charge in [-0.05, 0) is 12.8 Å². The molecule has 0 radical (unpaired) electrons. The molecular formula is C10H20N2O2. The molecule has 1 amide bonds. The first-order chi connectivity index (χ1) is 6.84. The number of carbonyl (C=O) groups excluding carboxylic acids is 1. The van der Waals surface area contributed by atoms with Gasteiger partial charge in [-0.1, -0.05) is 12.8 Å². The molecule has 1 aliphatic heterocycles. The maximum Gasteiger partial charge on any atom is 0.236 e. The number of nitrogens with zero attached hydrogens (tertiary/aromatic N) is 1. The Bertz CT molecular complexity index is 166. The van der Waals surface area contributed by atoms with Crippen LogP contribution in [0, 0.1) is 0 Å². The van der Waals surface area contributed by atoms with Crippen LogP contribution < -0.4 is 5.32 Å². The van der Waals surface area contributed by atoms with Crippen LogP contribution in [-0.4, -0.2) is 48.7 Å². The third-order valence-electron chi connectivity index (χ3n) is 2.52. The highest BCUT2D eigenvalue weighted by molar-refractivity contribution is 5.78. The molecule has 1 aliphatic rings. The van der Waals surface area contributed by atoms with E-state index in [0.717, 1.165) is 25.9 Å². The average molecular weight is 200 g/mol. The number of nitrogens with one attached hydrogen (secondary N) is 1. The van der Waals surface area contributed by atoms with E-state index in [1.54, 1.807) is 0 Å². The minimum atomic E-state index is 0.0906. The fraction of sp³-hybridized carbons (Fsp3) is 0.900. The highest BCUT2D eigenvalue weighted by atomic mass is 16.3. The van der Waals surface area contributed by atoms with Gasteiger partial charge in [0.1, 0.15) is 0 Å². The van der Waals surface area contributed by atoms with Crippen molar-refractivity contribution >= 4 is 5.91 Å². The molecule has 0 aromatic heterocycles. The molecule has 82 valence electrons. The van der Waals surface area contributed by atoms with Crippen LogP contribution in [0.2, 0.25) is 0 Å². The lowest BCUT2D eigenvalue weighted by Crippen LogP contribution is -2.39. The van der Waals surface area contributed by atoms with Crippen molar-refractivity contribution in [3.63, 3.8) is 0 Å². The van der Waals surface area contributed by atoms with Gasteiger partial charge in [0, 0.05) is 19.6 Å². The van der Waals surface area contributed by atoms with Crippen molar-refractivity contribution in [2.45, 2.75) is 25.7 Å². The summed E-state index contributed by atoms with van der Waals surface area (Å²) in [5.41, 5.74) is 0. The smallest absolute Gasteiger partial charge is 0.236 e. The van der Waals surface area contributed by atoms with E-state index in [1.807, 2.05) is 4.90 Å². The first-order valence-electron chi connectivity index (χ1n) is 5.44. The second-order valence-electron chi connectivity index (χ2n) is 3.70. The summed E-state index contributed by atoms with van der Waals surface area (Å²) in [4.78, 5) is 13.5. The Balaban J connectivity index is 2.20. The van der Waals surface area contributed by atoms with Gasteiger partial charge in [-0.2, -0.15) is 0 Å². The topological polar surface area (TPSA) is 52.6 Å². The maximum atomic E-state index is 11.6. The number of aliphatic hydroxyl groups excluding tert-OH is 1. The Morgan fingerprint density at radius 1 is 1.21 bits per heavy atom. The quantitative estimate of drug-likeness (QED) is 0.627. The van der Waals surface area contributed by atoms with Crippen LogP contribution in [0.15, 0.2) is 0 Å².